The second-order valence-corrected chi connectivity index (χ2v) is 2.76. The van der Waals surface area contributed by atoms with Gasteiger partial charge in [-0.05, 0) is 25.0 Å². The molecule has 0 unspecified atom stereocenters. The van der Waals surface area contributed by atoms with Crippen molar-refractivity contribution in [1.82, 2.24) is 4.98 Å². The highest BCUT2D eigenvalue weighted by Crippen LogP contribution is 2.22. The summed E-state index contributed by atoms with van der Waals surface area (Å²) in [4.78, 5) is 8.45. The number of hydrogen-bond acceptors (Lipinski definition) is 2. The van der Waals surface area contributed by atoms with Crippen LogP contribution in [-0.2, 0) is 0 Å². The van der Waals surface area contributed by atoms with Crippen LogP contribution >= 0.6 is 0 Å². The van der Waals surface area contributed by atoms with E-state index in [9.17, 15) is 0 Å². The molecule has 0 radical (unpaired) electrons. The Morgan fingerprint density at radius 1 is 1.45 bits per heavy atom. The molecule has 0 spiro atoms. The van der Waals surface area contributed by atoms with Gasteiger partial charge in [0.15, 0.2) is 0 Å². The third-order valence-electron chi connectivity index (χ3n) is 1.65. The number of aromatic nitrogens is 1. The van der Waals surface area contributed by atoms with Gasteiger partial charge in [-0.3, -0.25) is 9.98 Å². The van der Waals surface area contributed by atoms with E-state index in [1.165, 1.54) is 12.8 Å². The largest absolute Gasteiger partial charge is 0.288 e. The molecule has 2 rings (SSSR count). The van der Waals surface area contributed by atoms with E-state index in [-0.39, 0.29) is 0 Å². The molecule has 0 saturated heterocycles. The van der Waals surface area contributed by atoms with Crippen molar-refractivity contribution >= 4 is 6.21 Å². The molecule has 1 aliphatic carbocycles. The van der Waals surface area contributed by atoms with E-state index in [4.69, 9.17) is 0 Å². The molecule has 0 bridgehead atoms. The molecule has 11 heavy (non-hydrogen) atoms. The highest BCUT2D eigenvalue weighted by molar-refractivity contribution is 5.76. The summed E-state index contributed by atoms with van der Waals surface area (Å²) in [6.45, 7) is 0. The van der Waals surface area contributed by atoms with Gasteiger partial charge in [0.25, 0.3) is 0 Å². The van der Waals surface area contributed by atoms with Gasteiger partial charge >= 0.3 is 0 Å². The van der Waals surface area contributed by atoms with Gasteiger partial charge in [-0.1, -0.05) is 6.07 Å². The summed E-state index contributed by atoms with van der Waals surface area (Å²) >= 11 is 0. The average molecular weight is 146 g/mol. The molecular formula is C9H10N2. The third-order valence-corrected chi connectivity index (χ3v) is 1.65. The summed E-state index contributed by atoms with van der Waals surface area (Å²) in [5.41, 5.74) is 0.958. The normalized spacial score (nSPS) is 17.5. The smallest absolute Gasteiger partial charge is 0.0807 e. The van der Waals surface area contributed by atoms with Crippen molar-refractivity contribution in [2.24, 2.45) is 4.99 Å². The molecule has 1 fully saturated rings. The molecule has 0 atom stereocenters. The first-order chi connectivity index (χ1) is 5.45. The minimum absolute atomic E-state index is 0.594. The van der Waals surface area contributed by atoms with Crippen LogP contribution in [0.3, 0.4) is 0 Å². The molecule has 0 N–H and O–H groups in total. The van der Waals surface area contributed by atoms with Gasteiger partial charge < -0.3 is 0 Å². The van der Waals surface area contributed by atoms with E-state index in [1.807, 2.05) is 24.4 Å². The van der Waals surface area contributed by atoms with Crippen LogP contribution in [0.1, 0.15) is 18.5 Å². The van der Waals surface area contributed by atoms with E-state index >= 15 is 0 Å². The van der Waals surface area contributed by atoms with Crippen LogP contribution in [0, 0.1) is 0 Å². The molecular weight excluding hydrogens is 136 g/mol. The predicted molar refractivity (Wildman–Crippen MR) is 44.9 cm³/mol. The van der Waals surface area contributed by atoms with Crippen molar-refractivity contribution in [2.75, 3.05) is 0 Å². The Labute approximate surface area is 66.0 Å². The summed E-state index contributed by atoms with van der Waals surface area (Å²) in [6.07, 6.45) is 6.15. The zero-order valence-electron chi connectivity index (χ0n) is 6.27. The lowest BCUT2D eigenvalue weighted by atomic mass is 10.4. The van der Waals surface area contributed by atoms with Gasteiger partial charge in [-0.25, -0.2) is 0 Å². The first-order valence-corrected chi connectivity index (χ1v) is 3.89. The van der Waals surface area contributed by atoms with Crippen molar-refractivity contribution in [1.29, 1.82) is 0 Å². The monoisotopic (exact) mass is 146 g/mol. The number of rotatable bonds is 2. The quantitative estimate of drug-likeness (QED) is 0.582. The van der Waals surface area contributed by atoms with Crippen LogP contribution in [0.2, 0.25) is 0 Å². The number of nitrogens with zero attached hydrogens (tertiary/aromatic N) is 2. The minimum Gasteiger partial charge on any atom is -0.288 e. The predicted octanol–water partition coefficient (Wildman–Crippen LogP) is 1.66. The van der Waals surface area contributed by atoms with Crippen LogP contribution in [-0.4, -0.2) is 17.2 Å². The fourth-order valence-corrected chi connectivity index (χ4v) is 0.858. The Hall–Kier alpha value is -1.18. The van der Waals surface area contributed by atoms with Crippen molar-refractivity contribution in [2.45, 2.75) is 18.9 Å². The summed E-state index contributed by atoms with van der Waals surface area (Å²) in [5, 5.41) is 0. The Morgan fingerprint density at radius 3 is 3.00 bits per heavy atom. The van der Waals surface area contributed by atoms with Gasteiger partial charge in [0.2, 0.25) is 0 Å². The van der Waals surface area contributed by atoms with Crippen molar-refractivity contribution in [3.63, 3.8) is 0 Å². The highest BCUT2D eigenvalue weighted by Gasteiger charge is 2.18. The molecule has 2 nitrogen and oxygen atoms in total. The van der Waals surface area contributed by atoms with E-state index in [0.717, 1.165) is 5.69 Å². The first kappa shape index (κ1) is 6.53. The van der Waals surface area contributed by atoms with Crippen LogP contribution in [0.5, 0.6) is 0 Å². The SMILES string of the molecule is C(=N\C1CC1)/c1ccccn1. The molecule has 2 heteroatoms. The zero-order valence-corrected chi connectivity index (χ0v) is 6.27. The van der Waals surface area contributed by atoms with Gasteiger partial charge in [0.05, 0.1) is 11.7 Å². The molecule has 0 amide bonds. The van der Waals surface area contributed by atoms with E-state index in [0.29, 0.717) is 6.04 Å². The lowest BCUT2D eigenvalue weighted by molar-refractivity contribution is 1.07. The molecule has 1 heterocycles. The second kappa shape index (κ2) is 2.82. The molecule has 1 aliphatic rings. The fraction of sp³-hybridized carbons (Fsp3) is 0.333. The first-order valence-electron chi connectivity index (χ1n) is 3.89. The molecule has 0 aromatic carbocycles. The Morgan fingerprint density at radius 2 is 2.36 bits per heavy atom. The summed E-state index contributed by atoms with van der Waals surface area (Å²) in [7, 11) is 0. The van der Waals surface area contributed by atoms with Gasteiger partial charge in [-0.15, -0.1) is 0 Å². The summed E-state index contributed by atoms with van der Waals surface area (Å²) in [5.74, 6) is 0. The standard InChI is InChI=1S/C9H10N2/c1-2-6-10-9(3-1)7-11-8-4-5-8/h1-3,6-8H,4-5H2/b11-7+. The highest BCUT2D eigenvalue weighted by atomic mass is 14.8. The number of pyridine rings is 1. The average Bonchev–Trinajstić information content (AvgIpc) is 2.86. The van der Waals surface area contributed by atoms with Gasteiger partial charge in [-0.2, -0.15) is 0 Å². The minimum atomic E-state index is 0.594. The lowest BCUT2D eigenvalue weighted by Crippen LogP contribution is -1.86. The molecule has 1 saturated carbocycles. The molecule has 1 aromatic heterocycles. The third kappa shape index (κ3) is 1.87. The molecule has 56 valence electrons. The lowest BCUT2D eigenvalue weighted by Gasteiger charge is -1.88. The van der Waals surface area contributed by atoms with E-state index in [1.54, 1.807) is 6.20 Å². The topological polar surface area (TPSA) is 25.2 Å². The summed E-state index contributed by atoms with van der Waals surface area (Å²) < 4.78 is 0. The van der Waals surface area contributed by atoms with Crippen molar-refractivity contribution in [3.05, 3.63) is 30.1 Å². The zero-order chi connectivity index (χ0) is 7.52. The van der Waals surface area contributed by atoms with E-state index in [2.05, 4.69) is 9.98 Å². The Bertz CT molecular complexity index is 250. The molecule has 0 aliphatic heterocycles. The van der Waals surface area contributed by atoms with Gasteiger partial charge in [0, 0.05) is 12.4 Å². The fourth-order valence-electron chi connectivity index (χ4n) is 0.858. The Balaban J connectivity index is 2.05. The van der Waals surface area contributed by atoms with E-state index < -0.39 is 0 Å². The number of hydrogen-bond donors (Lipinski definition) is 0. The maximum atomic E-state index is 4.32. The maximum absolute atomic E-state index is 4.32. The molecule has 1 aromatic rings. The van der Waals surface area contributed by atoms with Crippen LogP contribution in [0.25, 0.3) is 0 Å². The number of aliphatic imine (C=N–C) groups is 1. The van der Waals surface area contributed by atoms with Crippen LogP contribution in [0.15, 0.2) is 29.4 Å². The van der Waals surface area contributed by atoms with Gasteiger partial charge in [0.1, 0.15) is 0 Å². The van der Waals surface area contributed by atoms with Crippen molar-refractivity contribution < 1.29 is 0 Å². The Kier molecular flexibility index (Phi) is 1.68. The second-order valence-electron chi connectivity index (χ2n) is 2.76. The van der Waals surface area contributed by atoms with Crippen LogP contribution in [0.4, 0.5) is 0 Å². The van der Waals surface area contributed by atoms with Crippen LogP contribution < -0.4 is 0 Å². The summed E-state index contributed by atoms with van der Waals surface area (Å²) in [6, 6.07) is 6.44. The van der Waals surface area contributed by atoms with Crippen molar-refractivity contribution in [3.8, 4) is 0 Å². The maximum Gasteiger partial charge on any atom is 0.0807 e.